The maximum absolute atomic E-state index is 12.3. The van der Waals surface area contributed by atoms with Gasteiger partial charge in [0, 0.05) is 16.3 Å². The van der Waals surface area contributed by atoms with E-state index in [2.05, 4.69) is 14.5 Å². The second-order valence-electron chi connectivity index (χ2n) is 2.82. The molecule has 2 atom stereocenters. The summed E-state index contributed by atoms with van der Waals surface area (Å²) in [4.78, 5) is 0. The fourth-order valence-corrected chi connectivity index (χ4v) is 1.51. The van der Waals surface area contributed by atoms with E-state index in [1.165, 1.54) is 12.1 Å². The molecule has 0 saturated heterocycles. The van der Waals surface area contributed by atoms with Crippen LogP contribution in [0.3, 0.4) is 0 Å². The van der Waals surface area contributed by atoms with Crippen LogP contribution in [0.15, 0.2) is 18.2 Å². The Morgan fingerprint density at radius 2 is 2.00 bits per heavy atom. The van der Waals surface area contributed by atoms with E-state index in [1.54, 1.807) is 0 Å². The zero-order valence-corrected chi connectivity index (χ0v) is 9.26. The third kappa shape index (κ3) is 2.97. The van der Waals surface area contributed by atoms with Gasteiger partial charge >= 0.3 is 6.18 Å². The largest absolute Gasteiger partial charge is 0.418 e. The molecule has 0 bridgehead atoms. The molecule has 0 aliphatic heterocycles. The van der Waals surface area contributed by atoms with Crippen molar-refractivity contribution in [2.75, 3.05) is 5.09 Å². The lowest BCUT2D eigenvalue weighted by atomic mass is 10.1. The quantitative estimate of drug-likeness (QED) is 0.798. The van der Waals surface area contributed by atoms with Crippen LogP contribution in [0.4, 0.5) is 18.9 Å². The van der Waals surface area contributed by atoms with E-state index in [0.717, 1.165) is 6.07 Å². The van der Waals surface area contributed by atoms with Crippen molar-refractivity contribution in [1.82, 2.24) is 0 Å². The lowest BCUT2D eigenvalue weighted by Gasteiger charge is -2.18. The fraction of sp³-hybridized carbons (Fsp3) is 0.250. The molecule has 7 heteroatoms. The molecule has 0 aliphatic carbocycles. The Kier molecular flexibility index (Phi) is 3.82. The Hall–Kier alpha value is -0.510. The summed E-state index contributed by atoms with van der Waals surface area (Å²) < 4.78 is 36.8. The van der Waals surface area contributed by atoms with Gasteiger partial charge in [0.15, 0.2) is 6.10 Å². The van der Waals surface area contributed by atoms with Crippen LogP contribution in [0, 0.1) is 0 Å². The van der Waals surface area contributed by atoms with Crippen LogP contribution in [0.25, 0.3) is 0 Å². The molecule has 0 fully saturated rings. The molecule has 0 aromatic heterocycles. The van der Waals surface area contributed by atoms with Gasteiger partial charge in [-0.05, 0) is 27.6 Å². The Balaban J connectivity index is 3.17. The van der Waals surface area contributed by atoms with Crippen molar-refractivity contribution >= 4 is 26.7 Å². The highest BCUT2D eigenvalue weighted by molar-refractivity contribution is 7.18. The fourth-order valence-electron chi connectivity index (χ4n) is 1.07. The number of hydrogen-bond donors (Lipinski definition) is 2. The molecule has 0 amide bonds. The second kappa shape index (κ2) is 4.56. The molecule has 0 heterocycles. The molecule has 84 valence electrons. The highest BCUT2D eigenvalue weighted by atomic mass is 35.5. The number of aliphatic hydroxyl groups excluding tert-OH is 1. The Morgan fingerprint density at radius 3 is 2.47 bits per heavy atom. The van der Waals surface area contributed by atoms with Gasteiger partial charge < -0.3 is 10.2 Å². The average molecular weight is 258 g/mol. The molecule has 0 aliphatic rings. The number of alkyl halides is 3. The van der Waals surface area contributed by atoms with Crippen molar-refractivity contribution in [1.29, 1.82) is 0 Å². The van der Waals surface area contributed by atoms with Crippen molar-refractivity contribution in [3.8, 4) is 0 Å². The molecule has 1 aromatic carbocycles. The molecule has 1 rings (SSSR count). The smallest absolute Gasteiger partial charge is 0.379 e. The zero-order valence-electron chi connectivity index (χ0n) is 7.35. The van der Waals surface area contributed by atoms with Crippen LogP contribution >= 0.6 is 21.0 Å². The summed E-state index contributed by atoms with van der Waals surface area (Å²) >= 11 is 5.55. The minimum atomic E-state index is -4.71. The molecular formula is C8H8ClF3NOP. The van der Waals surface area contributed by atoms with Gasteiger partial charge in [-0.15, -0.1) is 0 Å². The lowest BCUT2D eigenvalue weighted by Crippen LogP contribution is -2.20. The summed E-state index contributed by atoms with van der Waals surface area (Å²) in [6.45, 7) is 0. The predicted octanol–water partition coefficient (Wildman–Crippen LogP) is 3.14. The number of aliphatic hydroxyl groups is 1. The van der Waals surface area contributed by atoms with E-state index in [1.807, 2.05) is 0 Å². The molecule has 15 heavy (non-hydrogen) atoms. The number of nitrogens with one attached hydrogen (secondary N) is 1. The molecule has 1 aromatic rings. The van der Waals surface area contributed by atoms with E-state index in [4.69, 9.17) is 16.7 Å². The first-order chi connectivity index (χ1) is 6.86. The minimum absolute atomic E-state index is 0.136. The average Bonchev–Trinajstić information content (AvgIpc) is 2.15. The van der Waals surface area contributed by atoms with Gasteiger partial charge in [-0.3, -0.25) is 0 Å². The number of hydrogen-bond acceptors (Lipinski definition) is 2. The van der Waals surface area contributed by atoms with Crippen molar-refractivity contribution in [2.45, 2.75) is 12.3 Å². The summed E-state index contributed by atoms with van der Waals surface area (Å²) in [6.07, 6.45) is -7.25. The number of halogens is 4. The van der Waals surface area contributed by atoms with Crippen LogP contribution in [0.2, 0.25) is 5.02 Å². The van der Waals surface area contributed by atoms with E-state index < -0.39 is 12.3 Å². The van der Waals surface area contributed by atoms with Gasteiger partial charge in [0.25, 0.3) is 0 Å². The van der Waals surface area contributed by atoms with Crippen LogP contribution in [0.1, 0.15) is 11.7 Å². The molecular weight excluding hydrogens is 250 g/mol. The summed E-state index contributed by atoms with van der Waals surface area (Å²) in [6, 6.07) is 3.87. The second-order valence-corrected chi connectivity index (χ2v) is 3.55. The van der Waals surface area contributed by atoms with Crippen molar-refractivity contribution in [2.24, 2.45) is 0 Å². The van der Waals surface area contributed by atoms with E-state index in [9.17, 15) is 13.2 Å². The molecule has 2 N–H and O–H groups in total. The summed E-state index contributed by atoms with van der Waals surface area (Å²) in [5.41, 5.74) is -0.140. The SMILES string of the molecule is OC(c1cc(Cl)ccc1NP)C(F)(F)F. The van der Waals surface area contributed by atoms with Gasteiger partial charge in [0.2, 0.25) is 0 Å². The summed E-state index contributed by atoms with van der Waals surface area (Å²) in [5.74, 6) is 0. The molecule has 2 nitrogen and oxygen atoms in total. The van der Waals surface area contributed by atoms with Crippen LogP contribution < -0.4 is 5.09 Å². The first-order valence-corrected chi connectivity index (χ1v) is 4.82. The van der Waals surface area contributed by atoms with Crippen molar-refractivity contribution in [3.63, 3.8) is 0 Å². The normalized spacial score (nSPS) is 13.7. The molecule has 0 spiro atoms. The van der Waals surface area contributed by atoms with Crippen LogP contribution in [0.5, 0.6) is 0 Å². The maximum Gasteiger partial charge on any atom is 0.418 e. The minimum Gasteiger partial charge on any atom is -0.379 e. The van der Waals surface area contributed by atoms with E-state index >= 15 is 0 Å². The third-order valence-electron chi connectivity index (χ3n) is 1.77. The van der Waals surface area contributed by atoms with Gasteiger partial charge in [0.1, 0.15) is 0 Å². The Morgan fingerprint density at radius 1 is 1.40 bits per heavy atom. The predicted molar refractivity (Wildman–Crippen MR) is 55.8 cm³/mol. The van der Waals surface area contributed by atoms with Crippen LogP contribution in [-0.2, 0) is 0 Å². The topological polar surface area (TPSA) is 32.3 Å². The highest BCUT2D eigenvalue weighted by Gasteiger charge is 2.40. The van der Waals surface area contributed by atoms with E-state index in [0.29, 0.717) is 0 Å². The highest BCUT2D eigenvalue weighted by Crippen LogP contribution is 2.37. The maximum atomic E-state index is 12.3. The molecule has 2 unspecified atom stereocenters. The summed E-state index contributed by atoms with van der Waals surface area (Å²) in [7, 11) is 2.06. The van der Waals surface area contributed by atoms with Gasteiger partial charge in [-0.2, -0.15) is 13.2 Å². The lowest BCUT2D eigenvalue weighted by molar-refractivity contribution is -0.206. The zero-order chi connectivity index (χ0) is 11.6. The first kappa shape index (κ1) is 12.6. The molecule has 0 saturated carbocycles. The van der Waals surface area contributed by atoms with Crippen molar-refractivity contribution in [3.05, 3.63) is 28.8 Å². The third-order valence-corrected chi connectivity index (χ3v) is 2.32. The van der Waals surface area contributed by atoms with Gasteiger partial charge in [0.05, 0.1) is 0 Å². The standard InChI is InChI=1S/C8H8ClF3NOP/c9-4-1-2-6(13-15)5(3-4)7(14)8(10,11)12/h1-3,7,13-14H,15H2. The van der Waals surface area contributed by atoms with Gasteiger partial charge in [-0.1, -0.05) is 11.6 Å². The van der Waals surface area contributed by atoms with Crippen LogP contribution in [-0.4, -0.2) is 11.3 Å². The van der Waals surface area contributed by atoms with Gasteiger partial charge in [-0.25, -0.2) is 0 Å². The first-order valence-electron chi connectivity index (χ1n) is 3.87. The number of rotatable bonds is 2. The van der Waals surface area contributed by atoms with E-state index in [-0.39, 0.29) is 16.3 Å². The Labute approximate surface area is 91.7 Å². The van der Waals surface area contributed by atoms with Crippen molar-refractivity contribution < 1.29 is 18.3 Å². The number of anilines is 1. The monoisotopic (exact) mass is 257 g/mol. The number of benzene rings is 1. The Bertz CT molecular complexity index is 358. The molecule has 0 radical (unpaired) electrons. The summed E-state index contributed by atoms with van der Waals surface area (Å²) in [5, 5.41) is 11.7.